The molecule has 1 aromatic carbocycles. The van der Waals surface area contributed by atoms with Crippen molar-refractivity contribution >= 4 is 0 Å². The fourth-order valence-corrected chi connectivity index (χ4v) is 3.22. The van der Waals surface area contributed by atoms with Crippen LogP contribution in [0, 0.1) is 5.92 Å². The molecule has 3 heteroatoms. The zero-order valence-corrected chi connectivity index (χ0v) is 11.4. The van der Waals surface area contributed by atoms with E-state index in [1.165, 1.54) is 0 Å². The molecule has 104 valence electrons. The fourth-order valence-electron chi connectivity index (χ4n) is 3.22. The second-order valence-electron chi connectivity index (χ2n) is 6.15. The number of benzene rings is 1. The van der Waals surface area contributed by atoms with Gasteiger partial charge in [0.25, 0.3) is 0 Å². The molecule has 1 atom stereocenters. The molecule has 1 saturated carbocycles. The highest BCUT2D eigenvalue weighted by atomic mass is 16.5. The van der Waals surface area contributed by atoms with E-state index in [2.05, 4.69) is 6.92 Å². The third kappa shape index (κ3) is 2.37. The highest BCUT2D eigenvalue weighted by Crippen LogP contribution is 2.41. The zero-order chi connectivity index (χ0) is 13.5. The SMILES string of the molecule is CC1CCC(O)(C(O)c2ccc3c(c2)CCO3)CC1. The summed E-state index contributed by atoms with van der Waals surface area (Å²) >= 11 is 0. The van der Waals surface area contributed by atoms with Gasteiger partial charge in [-0.2, -0.15) is 0 Å². The summed E-state index contributed by atoms with van der Waals surface area (Å²) in [6, 6.07) is 5.78. The minimum Gasteiger partial charge on any atom is -0.493 e. The molecule has 0 bridgehead atoms. The Hall–Kier alpha value is -1.06. The van der Waals surface area contributed by atoms with Gasteiger partial charge in [0.15, 0.2) is 0 Å². The summed E-state index contributed by atoms with van der Waals surface area (Å²) in [5.41, 5.74) is 1.01. The molecule has 0 saturated heterocycles. The number of hydrogen-bond acceptors (Lipinski definition) is 3. The van der Waals surface area contributed by atoms with Crippen LogP contribution in [0.2, 0.25) is 0 Å². The monoisotopic (exact) mass is 262 g/mol. The summed E-state index contributed by atoms with van der Waals surface area (Å²) in [6.45, 7) is 2.93. The molecule has 0 amide bonds. The first-order valence-corrected chi connectivity index (χ1v) is 7.24. The van der Waals surface area contributed by atoms with E-state index in [-0.39, 0.29) is 0 Å². The number of fused-ring (bicyclic) bond motifs is 1. The summed E-state index contributed by atoms with van der Waals surface area (Å²) in [6.07, 6.45) is 3.45. The molecule has 2 aliphatic rings. The van der Waals surface area contributed by atoms with Crippen molar-refractivity contribution in [3.8, 4) is 5.75 Å². The number of ether oxygens (including phenoxy) is 1. The average Bonchev–Trinajstić information content (AvgIpc) is 2.88. The molecule has 1 aliphatic heterocycles. The van der Waals surface area contributed by atoms with E-state index < -0.39 is 11.7 Å². The Morgan fingerprint density at radius 1 is 1.32 bits per heavy atom. The third-order valence-corrected chi connectivity index (χ3v) is 4.68. The Morgan fingerprint density at radius 3 is 2.79 bits per heavy atom. The Labute approximate surface area is 114 Å². The van der Waals surface area contributed by atoms with Gasteiger partial charge in [0.1, 0.15) is 11.9 Å². The second kappa shape index (κ2) is 4.80. The molecule has 1 fully saturated rings. The largest absolute Gasteiger partial charge is 0.493 e. The molecule has 19 heavy (non-hydrogen) atoms. The Kier molecular flexibility index (Phi) is 3.27. The van der Waals surface area contributed by atoms with Gasteiger partial charge in [0.05, 0.1) is 12.2 Å². The van der Waals surface area contributed by atoms with Crippen molar-refractivity contribution < 1.29 is 14.9 Å². The van der Waals surface area contributed by atoms with Crippen LogP contribution < -0.4 is 4.74 Å². The van der Waals surface area contributed by atoms with Gasteiger partial charge in [-0.15, -0.1) is 0 Å². The summed E-state index contributed by atoms with van der Waals surface area (Å²) in [5, 5.41) is 21.2. The van der Waals surface area contributed by atoms with Gasteiger partial charge in [-0.1, -0.05) is 13.0 Å². The van der Waals surface area contributed by atoms with Gasteiger partial charge in [-0.3, -0.25) is 0 Å². The summed E-state index contributed by atoms with van der Waals surface area (Å²) in [7, 11) is 0. The van der Waals surface area contributed by atoms with Crippen molar-refractivity contribution in [3.05, 3.63) is 29.3 Å². The molecule has 2 N–H and O–H groups in total. The predicted octanol–water partition coefficient (Wildman–Crippen LogP) is 2.60. The van der Waals surface area contributed by atoms with Crippen LogP contribution in [-0.2, 0) is 6.42 Å². The molecule has 1 heterocycles. The van der Waals surface area contributed by atoms with E-state index in [1.807, 2.05) is 18.2 Å². The van der Waals surface area contributed by atoms with Crippen molar-refractivity contribution in [1.82, 2.24) is 0 Å². The molecule has 0 aromatic heterocycles. The van der Waals surface area contributed by atoms with Crippen LogP contribution in [0.4, 0.5) is 0 Å². The molecule has 3 rings (SSSR count). The maximum absolute atomic E-state index is 10.7. The van der Waals surface area contributed by atoms with Crippen LogP contribution in [0.15, 0.2) is 18.2 Å². The Morgan fingerprint density at radius 2 is 2.05 bits per heavy atom. The van der Waals surface area contributed by atoms with Crippen LogP contribution in [0.25, 0.3) is 0 Å². The summed E-state index contributed by atoms with van der Waals surface area (Å²) < 4.78 is 5.47. The normalized spacial score (nSPS) is 31.6. The second-order valence-corrected chi connectivity index (χ2v) is 6.15. The lowest BCUT2D eigenvalue weighted by Gasteiger charge is -2.38. The molecular formula is C16H22O3. The quantitative estimate of drug-likeness (QED) is 0.861. The van der Waals surface area contributed by atoms with Crippen molar-refractivity contribution in [2.75, 3.05) is 6.61 Å². The third-order valence-electron chi connectivity index (χ3n) is 4.68. The van der Waals surface area contributed by atoms with Crippen LogP contribution in [0.1, 0.15) is 49.8 Å². The van der Waals surface area contributed by atoms with Gasteiger partial charge < -0.3 is 14.9 Å². The van der Waals surface area contributed by atoms with Crippen molar-refractivity contribution in [2.45, 2.75) is 50.7 Å². The fraction of sp³-hybridized carbons (Fsp3) is 0.625. The maximum atomic E-state index is 10.7. The lowest BCUT2D eigenvalue weighted by Crippen LogP contribution is -2.39. The lowest BCUT2D eigenvalue weighted by atomic mass is 9.75. The first-order valence-electron chi connectivity index (χ1n) is 7.24. The van der Waals surface area contributed by atoms with E-state index in [0.29, 0.717) is 18.8 Å². The minimum atomic E-state index is -0.958. The first kappa shape index (κ1) is 12.9. The van der Waals surface area contributed by atoms with E-state index in [0.717, 1.165) is 42.7 Å². The Bertz CT molecular complexity index is 461. The van der Waals surface area contributed by atoms with E-state index in [4.69, 9.17) is 4.74 Å². The van der Waals surface area contributed by atoms with Crippen LogP contribution in [0.5, 0.6) is 5.75 Å². The molecule has 3 nitrogen and oxygen atoms in total. The maximum Gasteiger partial charge on any atom is 0.122 e. The van der Waals surface area contributed by atoms with Gasteiger partial charge >= 0.3 is 0 Å². The van der Waals surface area contributed by atoms with Crippen molar-refractivity contribution in [2.24, 2.45) is 5.92 Å². The van der Waals surface area contributed by atoms with E-state index >= 15 is 0 Å². The first-order chi connectivity index (χ1) is 9.08. The average molecular weight is 262 g/mol. The zero-order valence-electron chi connectivity index (χ0n) is 11.4. The molecular weight excluding hydrogens is 240 g/mol. The standard InChI is InChI=1S/C16H22O3/c1-11-4-7-16(18,8-5-11)15(17)13-2-3-14-12(10-13)6-9-19-14/h2-3,10-11,15,17-18H,4-9H2,1H3. The van der Waals surface area contributed by atoms with Gasteiger partial charge in [0, 0.05) is 6.42 Å². The minimum absolute atomic E-state index is 0.654. The molecule has 0 spiro atoms. The molecule has 1 aliphatic carbocycles. The number of rotatable bonds is 2. The lowest BCUT2D eigenvalue weighted by molar-refractivity contribution is -0.105. The molecule has 0 radical (unpaired) electrons. The smallest absolute Gasteiger partial charge is 0.122 e. The molecule has 1 aromatic rings. The van der Waals surface area contributed by atoms with Crippen LogP contribution in [-0.4, -0.2) is 22.4 Å². The number of hydrogen-bond donors (Lipinski definition) is 2. The van der Waals surface area contributed by atoms with Crippen molar-refractivity contribution in [3.63, 3.8) is 0 Å². The highest BCUT2D eigenvalue weighted by molar-refractivity contribution is 5.41. The van der Waals surface area contributed by atoms with E-state index in [9.17, 15) is 10.2 Å². The molecule has 1 unspecified atom stereocenters. The summed E-state index contributed by atoms with van der Waals surface area (Å²) in [4.78, 5) is 0. The highest BCUT2D eigenvalue weighted by Gasteiger charge is 2.39. The Balaban J connectivity index is 1.81. The summed E-state index contributed by atoms with van der Waals surface area (Å²) in [5.74, 6) is 1.57. The van der Waals surface area contributed by atoms with Crippen molar-refractivity contribution in [1.29, 1.82) is 0 Å². The van der Waals surface area contributed by atoms with E-state index in [1.54, 1.807) is 0 Å². The van der Waals surface area contributed by atoms with Crippen LogP contribution >= 0.6 is 0 Å². The van der Waals surface area contributed by atoms with Gasteiger partial charge in [-0.05, 0) is 54.9 Å². The number of aliphatic hydroxyl groups excluding tert-OH is 1. The van der Waals surface area contributed by atoms with Gasteiger partial charge in [-0.25, -0.2) is 0 Å². The van der Waals surface area contributed by atoms with Gasteiger partial charge in [0.2, 0.25) is 0 Å². The predicted molar refractivity (Wildman–Crippen MR) is 73.2 cm³/mol. The van der Waals surface area contributed by atoms with Crippen LogP contribution in [0.3, 0.4) is 0 Å². The number of aliphatic hydroxyl groups is 2. The topological polar surface area (TPSA) is 49.7 Å².